The molecule has 0 aromatic carbocycles. The topological polar surface area (TPSA) is 80.3 Å². The highest BCUT2D eigenvalue weighted by Gasteiger charge is 2.50. The Labute approximate surface area is 126 Å². The minimum Gasteiger partial charge on any atom is -0.381 e. The van der Waals surface area contributed by atoms with Crippen LogP contribution in [0.1, 0.15) is 27.2 Å². The Hall–Kier alpha value is -1.18. The summed E-state index contributed by atoms with van der Waals surface area (Å²) in [5, 5.41) is 3.01. The molecule has 0 bridgehead atoms. The summed E-state index contributed by atoms with van der Waals surface area (Å²) in [6.45, 7) is 6.64. The predicted molar refractivity (Wildman–Crippen MR) is 81.7 cm³/mol. The lowest BCUT2D eigenvalue weighted by Gasteiger charge is -2.50. The maximum absolute atomic E-state index is 12.5. The van der Waals surface area contributed by atoms with Crippen LogP contribution in [0.4, 0.5) is 5.82 Å². The van der Waals surface area contributed by atoms with Crippen molar-refractivity contribution in [3.05, 3.63) is 18.3 Å². The van der Waals surface area contributed by atoms with E-state index >= 15 is 0 Å². The van der Waals surface area contributed by atoms with Gasteiger partial charge in [-0.15, -0.1) is 0 Å². The fraction of sp³-hybridized carbons (Fsp3) is 0.643. The summed E-state index contributed by atoms with van der Waals surface area (Å²) in [5.74, 6) is 0.558. The van der Waals surface area contributed by atoms with Gasteiger partial charge in [0.2, 0.25) is 10.0 Å². The average Bonchev–Trinajstić information content (AvgIpc) is 2.44. The predicted octanol–water partition coefficient (Wildman–Crippen LogP) is 1.61. The molecule has 2 rings (SSSR count). The summed E-state index contributed by atoms with van der Waals surface area (Å²) in [6.07, 6.45) is 2.27. The molecule has 2 atom stereocenters. The van der Waals surface area contributed by atoms with Crippen LogP contribution in [0, 0.1) is 5.41 Å². The third kappa shape index (κ3) is 3.20. The first-order chi connectivity index (χ1) is 9.81. The van der Waals surface area contributed by atoms with E-state index in [1.807, 2.05) is 20.8 Å². The third-order valence-electron chi connectivity index (χ3n) is 4.16. The third-order valence-corrected chi connectivity index (χ3v) is 5.63. The van der Waals surface area contributed by atoms with Crippen molar-refractivity contribution in [3.63, 3.8) is 0 Å². The zero-order valence-corrected chi connectivity index (χ0v) is 13.7. The van der Waals surface area contributed by atoms with Gasteiger partial charge in [0.05, 0.1) is 11.0 Å². The van der Waals surface area contributed by atoms with Gasteiger partial charge in [0.25, 0.3) is 0 Å². The van der Waals surface area contributed by atoms with E-state index in [9.17, 15) is 8.42 Å². The Bertz CT molecular complexity index is 601. The fourth-order valence-corrected chi connectivity index (χ4v) is 4.01. The number of anilines is 1. The normalized spacial score (nSPS) is 24.4. The number of nitrogens with one attached hydrogen (secondary N) is 2. The van der Waals surface area contributed by atoms with Crippen molar-refractivity contribution < 1.29 is 13.2 Å². The number of nitrogens with zero attached hydrogens (tertiary/aromatic N) is 1. The van der Waals surface area contributed by atoms with Gasteiger partial charge in [-0.25, -0.2) is 18.1 Å². The highest BCUT2D eigenvalue weighted by atomic mass is 32.2. The van der Waals surface area contributed by atoms with Gasteiger partial charge in [0.15, 0.2) is 0 Å². The van der Waals surface area contributed by atoms with Gasteiger partial charge < -0.3 is 10.1 Å². The Balaban J connectivity index is 2.14. The lowest BCUT2D eigenvalue weighted by Crippen LogP contribution is -2.61. The Morgan fingerprint density at radius 2 is 2.19 bits per heavy atom. The van der Waals surface area contributed by atoms with Crippen LogP contribution in [0.5, 0.6) is 0 Å². The van der Waals surface area contributed by atoms with Gasteiger partial charge in [-0.2, -0.15) is 0 Å². The minimum atomic E-state index is -3.55. The van der Waals surface area contributed by atoms with Gasteiger partial charge >= 0.3 is 0 Å². The molecule has 1 aliphatic carbocycles. The SMILES string of the molecule is CCNc1cc(S(=O)(=O)NC2CC(OC)C2(C)C)ccn1. The molecule has 0 saturated heterocycles. The van der Waals surface area contributed by atoms with Gasteiger partial charge in [-0.3, -0.25) is 0 Å². The van der Waals surface area contributed by atoms with Gasteiger partial charge in [-0.1, -0.05) is 13.8 Å². The van der Waals surface area contributed by atoms with Crippen LogP contribution in [0.15, 0.2) is 23.2 Å². The molecule has 0 amide bonds. The fourth-order valence-electron chi connectivity index (χ4n) is 2.60. The first-order valence-electron chi connectivity index (χ1n) is 7.06. The average molecular weight is 313 g/mol. The number of hydrogen-bond donors (Lipinski definition) is 2. The number of pyridine rings is 1. The van der Waals surface area contributed by atoms with Gasteiger partial charge in [-0.05, 0) is 19.4 Å². The van der Waals surface area contributed by atoms with Crippen LogP contribution in [0.3, 0.4) is 0 Å². The van der Waals surface area contributed by atoms with Gasteiger partial charge in [0.1, 0.15) is 5.82 Å². The van der Waals surface area contributed by atoms with Crippen molar-refractivity contribution in [1.82, 2.24) is 9.71 Å². The zero-order chi connectivity index (χ0) is 15.7. The molecule has 118 valence electrons. The number of aromatic nitrogens is 1. The summed E-state index contributed by atoms with van der Waals surface area (Å²) in [6, 6.07) is 2.93. The van der Waals surface area contributed by atoms with Crippen LogP contribution < -0.4 is 10.0 Å². The molecule has 1 heterocycles. The molecule has 2 N–H and O–H groups in total. The van der Waals surface area contributed by atoms with Crippen molar-refractivity contribution in [2.75, 3.05) is 19.0 Å². The Kier molecular flexibility index (Phi) is 4.55. The Morgan fingerprint density at radius 3 is 2.76 bits per heavy atom. The molecule has 0 spiro atoms. The van der Waals surface area contributed by atoms with Crippen LogP contribution in [0.2, 0.25) is 0 Å². The van der Waals surface area contributed by atoms with Crippen LogP contribution in [-0.4, -0.2) is 39.2 Å². The molecule has 7 heteroatoms. The van der Waals surface area contributed by atoms with Crippen molar-refractivity contribution in [2.45, 2.75) is 44.2 Å². The highest BCUT2D eigenvalue weighted by molar-refractivity contribution is 7.89. The summed E-state index contributed by atoms with van der Waals surface area (Å²) in [4.78, 5) is 4.31. The van der Waals surface area contributed by atoms with E-state index in [2.05, 4.69) is 15.0 Å². The summed E-state index contributed by atoms with van der Waals surface area (Å²) >= 11 is 0. The van der Waals surface area contributed by atoms with E-state index in [4.69, 9.17) is 4.74 Å². The quantitative estimate of drug-likeness (QED) is 0.834. The molecule has 1 aromatic heterocycles. The largest absolute Gasteiger partial charge is 0.381 e. The van der Waals surface area contributed by atoms with E-state index in [0.717, 1.165) is 0 Å². The molecule has 1 aromatic rings. The number of ether oxygens (including phenoxy) is 1. The smallest absolute Gasteiger partial charge is 0.241 e. The molecule has 2 unspecified atom stereocenters. The second kappa shape index (κ2) is 5.90. The van der Waals surface area contributed by atoms with Crippen LogP contribution in [-0.2, 0) is 14.8 Å². The summed E-state index contributed by atoms with van der Waals surface area (Å²) < 4.78 is 33.1. The minimum absolute atomic E-state index is 0.0833. The van der Waals surface area contributed by atoms with Crippen molar-refractivity contribution in [2.24, 2.45) is 5.41 Å². The van der Waals surface area contributed by atoms with Gasteiger partial charge in [0, 0.05) is 37.4 Å². The Morgan fingerprint density at radius 1 is 1.48 bits per heavy atom. The zero-order valence-electron chi connectivity index (χ0n) is 12.9. The molecule has 21 heavy (non-hydrogen) atoms. The molecular formula is C14H23N3O3S. The molecule has 1 aliphatic rings. The summed E-state index contributed by atoms with van der Waals surface area (Å²) in [7, 11) is -1.89. The number of rotatable bonds is 6. The van der Waals surface area contributed by atoms with Crippen LogP contribution >= 0.6 is 0 Å². The van der Waals surface area contributed by atoms with Crippen molar-refractivity contribution >= 4 is 15.8 Å². The number of sulfonamides is 1. The molecule has 0 aliphatic heterocycles. The lowest BCUT2D eigenvalue weighted by atomic mass is 9.65. The van der Waals surface area contributed by atoms with E-state index < -0.39 is 10.0 Å². The first kappa shape index (κ1) is 16.2. The van der Waals surface area contributed by atoms with Crippen molar-refractivity contribution in [1.29, 1.82) is 0 Å². The number of methoxy groups -OCH3 is 1. The summed E-state index contributed by atoms with van der Waals surface area (Å²) in [5.41, 5.74) is -0.209. The highest BCUT2D eigenvalue weighted by Crippen LogP contribution is 2.43. The first-order valence-corrected chi connectivity index (χ1v) is 8.54. The monoisotopic (exact) mass is 313 g/mol. The number of hydrogen-bond acceptors (Lipinski definition) is 5. The van der Waals surface area contributed by atoms with E-state index in [1.165, 1.54) is 12.3 Å². The second-order valence-corrected chi connectivity index (χ2v) is 7.58. The molecule has 0 radical (unpaired) electrons. The van der Waals surface area contributed by atoms with Crippen LogP contribution in [0.25, 0.3) is 0 Å². The van der Waals surface area contributed by atoms with E-state index in [-0.39, 0.29) is 22.5 Å². The standard InChI is InChI=1S/C14H23N3O3S/c1-5-15-13-8-10(6-7-16-13)21(18,19)17-11-9-12(20-4)14(11,2)3/h6-8,11-12,17H,5,9H2,1-4H3,(H,15,16). The van der Waals surface area contributed by atoms with E-state index in [0.29, 0.717) is 18.8 Å². The lowest BCUT2D eigenvalue weighted by molar-refractivity contribution is -0.0908. The molecular weight excluding hydrogens is 290 g/mol. The van der Waals surface area contributed by atoms with Crippen molar-refractivity contribution in [3.8, 4) is 0 Å². The maximum Gasteiger partial charge on any atom is 0.241 e. The maximum atomic E-state index is 12.5. The van der Waals surface area contributed by atoms with E-state index in [1.54, 1.807) is 13.2 Å². The molecule has 1 fully saturated rings. The molecule has 1 saturated carbocycles. The second-order valence-electron chi connectivity index (χ2n) is 5.86. The molecule has 6 nitrogen and oxygen atoms in total.